The molecule has 0 saturated carbocycles. The monoisotopic (exact) mass is 279 g/mol. The maximum absolute atomic E-state index is 6.24. The van der Waals surface area contributed by atoms with E-state index in [0.29, 0.717) is 0 Å². The van der Waals surface area contributed by atoms with Crippen molar-refractivity contribution in [2.24, 2.45) is 0 Å². The SMILES string of the molecule is Cln1c2ccccc2c2cc(Br)ccc21. The van der Waals surface area contributed by atoms with Crippen LogP contribution in [0.15, 0.2) is 46.9 Å². The van der Waals surface area contributed by atoms with Gasteiger partial charge in [-0.3, -0.25) is 4.09 Å². The van der Waals surface area contributed by atoms with Crippen LogP contribution in [0.5, 0.6) is 0 Å². The molecule has 1 heterocycles. The van der Waals surface area contributed by atoms with Gasteiger partial charge in [-0.25, -0.2) is 0 Å². The second kappa shape index (κ2) is 3.26. The van der Waals surface area contributed by atoms with Gasteiger partial charge in [-0.1, -0.05) is 34.1 Å². The van der Waals surface area contributed by atoms with Crippen molar-refractivity contribution >= 4 is 49.5 Å². The Morgan fingerprint density at radius 2 is 1.67 bits per heavy atom. The van der Waals surface area contributed by atoms with Crippen molar-refractivity contribution in [1.29, 1.82) is 0 Å². The predicted molar refractivity (Wildman–Crippen MR) is 68.4 cm³/mol. The Balaban J connectivity index is 2.64. The zero-order chi connectivity index (χ0) is 10.4. The van der Waals surface area contributed by atoms with Crippen molar-refractivity contribution in [3.63, 3.8) is 0 Å². The number of aromatic nitrogens is 1. The number of hydrogen-bond acceptors (Lipinski definition) is 0. The average Bonchev–Trinajstić information content (AvgIpc) is 2.54. The fourth-order valence-electron chi connectivity index (χ4n) is 1.90. The first kappa shape index (κ1) is 9.25. The number of rotatable bonds is 0. The summed E-state index contributed by atoms with van der Waals surface area (Å²) in [5.41, 5.74) is 2.09. The standard InChI is InChI=1S/C12H7BrClN/c13-8-5-6-12-10(7-8)9-3-1-2-4-11(9)15(12)14/h1-7H. The fraction of sp³-hybridized carbons (Fsp3) is 0. The van der Waals surface area contributed by atoms with Crippen molar-refractivity contribution < 1.29 is 0 Å². The minimum absolute atomic E-state index is 1.04. The van der Waals surface area contributed by atoms with Gasteiger partial charge in [-0.15, -0.1) is 0 Å². The van der Waals surface area contributed by atoms with E-state index in [0.717, 1.165) is 15.5 Å². The number of halogens is 2. The van der Waals surface area contributed by atoms with Crippen LogP contribution in [0.1, 0.15) is 0 Å². The highest BCUT2D eigenvalue weighted by atomic mass is 79.9. The van der Waals surface area contributed by atoms with Crippen LogP contribution >= 0.6 is 27.7 Å². The average molecular weight is 281 g/mol. The smallest absolute Gasteiger partial charge is 0.0661 e. The fourth-order valence-corrected chi connectivity index (χ4v) is 2.55. The van der Waals surface area contributed by atoms with Gasteiger partial charge in [0.05, 0.1) is 11.0 Å². The summed E-state index contributed by atoms with van der Waals surface area (Å²) in [7, 11) is 0. The third-order valence-corrected chi connectivity index (χ3v) is 3.43. The van der Waals surface area contributed by atoms with Crippen LogP contribution in [0, 0.1) is 0 Å². The molecule has 0 unspecified atom stereocenters. The number of hydrogen-bond donors (Lipinski definition) is 0. The molecule has 74 valence electrons. The largest absolute Gasteiger partial charge is 0.252 e. The molecular formula is C12H7BrClN. The molecule has 3 rings (SSSR count). The van der Waals surface area contributed by atoms with E-state index in [1.54, 1.807) is 4.09 Å². The first-order valence-corrected chi connectivity index (χ1v) is 5.75. The molecule has 3 aromatic rings. The lowest BCUT2D eigenvalue weighted by molar-refractivity contribution is 1.39. The molecule has 0 atom stereocenters. The Hall–Kier alpha value is -0.990. The van der Waals surface area contributed by atoms with E-state index >= 15 is 0 Å². The summed E-state index contributed by atoms with van der Waals surface area (Å²) >= 11 is 9.72. The second-order valence-electron chi connectivity index (χ2n) is 3.46. The van der Waals surface area contributed by atoms with Gasteiger partial charge in [-0.2, -0.15) is 0 Å². The summed E-state index contributed by atoms with van der Waals surface area (Å²) in [6, 6.07) is 14.2. The van der Waals surface area contributed by atoms with Crippen LogP contribution in [0.3, 0.4) is 0 Å². The van der Waals surface area contributed by atoms with E-state index in [-0.39, 0.29) is 0 Å². The molecule has 1 aromatic heterocycles. The highest BCUT2D eigenvalue weighted by Gasteiger charge is 2.08. The summed E-state index contributed by atoms with van der Waals surface area (Å²) in [5, 5.41) is 2.36. The predicted octanol–water partition coefficient (Wildman–Crippen LogP) is 4.56. The first-order valence-electron chi connectivity index (χ1n) is 4.62. The summed E-state index contributed by atoms with van der Waals surface area (Å²) in [4.78, 5) is 0. The van der Waals surface area contributed by atoms with Crippen molar-refractivity contribution in [3.05, 3.63) is 46.9 Å². The molecule has 0 aliphatic heterocycles. The van der Waals surface area contributed by atoms with Crippen LogP contribution < -0.4 is 0 Å². The van der Waals surface area contributed by atoms with Gasteiger partial charge in [0, 0.05) is 27.0 Å². The molecule has 0 spiro atoms. The molecule has 0 aliphatic rings. The lowest BCUT2D eigenvalue weighted by atomic mass is 10.2. The van der Waals surface area contributed by atoms with E-state index in [2.05, 4.69) is 28.1 Å². The Morgan fingerprint density at radius 3 is 2.53 bits per heavy atom. The number of para-hydroxylation sites is 1. The minimum atomic E-state index is 1.04. The van der Waals surface area contributed by atoms with E-state index in [4.69, 9.17) is 11.8 Å². The Labute approximate surface area is 100 Å². The van der Waals surface area contributed by atoms with Crippen LogP contribution in [-0.2, 0) is 0 Å². The molecule has 0 saturated heterocycles. The molecule has 0 N–H and O–H groups in total. The Morgan fingerprint density at radius 1 is 0.933 bits per heavy atom. The molecule has 15 heavy (non-hydrogen) atoms. The van der Waals surface area contributed by atoms with E-state index in [1.165, 1.54) is 10.8 Å². The van der Waals surface area contributed by atoms with E-state index in [9.17, 15) is 0 Å². The minimum Gasteiger partial charge on any atom is -0.252 e. The first-order chi connectivity index (χ1) is 7.27. The number of benzene rings is 2. The number of nitrogens with zero attached hydrogens (tertiary/aromatic N) is 1. The lowest BCUT2D eigenvalue weighted by Crippen LogP contribution is -1.77. The Kier molecular flexibility index (Phi) is 2.01. The van der Waals surface area contributed by atoms with Gasteiger partial charge in [0.2, 0.25) is 0 Å². The lowest BCUT2D eigenvalue weighted by Gasteiger charge is -1.93. The molecule has 0 fully saturated rings. The maximum atomic E-state index is 6.24. The molecular weight excluding hydrogens is 273 g/mol. The zero-order valence-electron chi connectivity index (χ0n) is 7.74. The third kappa shape index (κ3) is 1.29. The van der Waals surface area contributed by atoms with Crippen molar-refractivity contribution in [2.75, 3.05) is 0 Å². The summed E-state index contributed by atoms with van der Waals surface area (Å²) in [5.74, 6) is 0. The summed E-state index contributed by atoms with van der Waals surface area (Å²) < 4.78 is 2.78. The molecule has 0 bridgehead atoms. The van der Waals surface area contributed by atoms with Crippen molar-refractivity contribution in [2.45, 2.75) is 0 Å². The molecule has 1 nitrogen and oxygen atoms in total. The van der Waals surface area contributed by atoms with Gasteiger partial charge in [-0.05, 0) is 24.3 Å². The maximum Gasteiger partial charge on any atom is 0.0661 e. The highest BCUT2D eigenvalue weighted by molar-refractivity contribution is 9.10. The van der Waals surface area contributed by atoms with Crippen LogP contribution in [0.4, 0.5) is 0 Å². The topological polar surface area (TPSA) is 4.93 Å². The van der Waals surface area contributed by atoms with Gasteiger partial charge >= 0.3 is 0 Å². The molecule has 0 aliphatic carbocycles. The third-order valence-electron chi connectivity index (χ3n) is 2.58. The Bertz CT molecular complexity index is 657. The molecule has 0 amide bonds. The zero-order valence-corrected chi connectivity index (χ0v) is 10.1. The van der Waals surface area contributed by atoms with Crippen LogP contribution in [0.25, 0.3) is 21.8 Å². The summed E-state index contributed by atoms with van der Waals surface area (Å²) in [6.07, 6.45) is 0. The van der Waals surface area contributed by atoms with E-state index in [1.807, 2.05) is 30.3 Å². The van der Waals surface area contributed by atoms with Gasteiger partial charge in [0.25, 0.3) is 0 Å². The van der Waals surface area contributed by atoms with Crippen LogP contribution in [0.2, 0.25) is 0 Å². The number of fused-ring (bicyclic) bond motifs is 3. The summed E-state index contributed by atoms with van der Waals surface area (Å²) in [6.45, 7) is 0. The highest BCUT2D eigenvalue weighted by Crippen LogP contribution is 2.31. The van der Waals surface area contributed by atoms with Crippen molar-refractivity contribution in [3.8, 4) is 0 Å². The molecule has 0 radical (unpaired) electrons. The molecule has 2 aromatic carbocycles. The van der Waals surface area contributed by atoms with Gasteiger partial charge < -0.3 is 0 Å². The van der Waals surface area contributed by atoms with E-state index < -0.39 is 0 Å². The normalized spacial score (nSPS) is 11.3. The quantitative estimate of drug-likeness (QED) is 0.569. The molecule has 3 heteroatoms. The van der Waals surface area contributed by atoms with Gasteiger partial charge in [0.15, 0.2) is 0 Å². The van der Waals surface area contributed by atoms with Crippen molar-refractivity contribution in [1.82, 2.24) is 4.09 Å². The van der Waals surface area contributed by atoms with Crippen LogP contribution in [-0.4, -0.2) is 4.09 Å². The van der Waals surface area contributed by atoms with Gasteiger partial charge in [0.1, 0.15) is 0 Å². The second-order valence-corrected chi connectivity index (χ2v) is 4.71.